The third-order valence-corrected chi connectivity index (χ3v) is 3.26. The summed E-state index contributed by atoms with van der Waals surface area (Å²) in [6, 6.07) is 13.5. The fourth-order valence-electron chi connectivity index (χ4n) is 1.84. The van der Waals surface area contributed by atoms with Crippen LogP contribution in [0.15, 0.2) is 60.8 Å². The van der Waals surface area contributed by atoms with Crippen molar-refractivity contribution < 1.29 is 14.3 Å². The van der Waals surface area contributed by atoms with E-state index < -0.39 is 0 Å². The zero-order chi connectivity index (χ0) is 16.7. The molecule has 23 heavy (non-hydrogen) atoms. The molecule has 0 aliphatic rings. The van der Waals surface area contributed by atoms with E-state index in [0.29, 0.717) is 22.8 Å². The van der Waals surface area contributed by atoms with Gasteiger partial charge in [0.1, 0.15) is 0 Å². The monoisotopic (exact) mass is 329 g/mol. The van der Waals surface area contributed by atoms with Crippen molar-refractivity contribution in [2.75, 3.05) is 11.9 Å². The predicted molar refractivity (Wildman–Crippen MR) is 90.9 cm³/mol. The lowest BCUT2D eigenvalue weighted by molar-refractivity contribution is 0.0526. The van der Waals surface area contributed by atoms with Gasteiger partial charge in [-0.1, -0.05) is 11.6 Å². The normalized spacial score (nSPS) is 10.5. The van der Waals surface area contributed by atoms with Gasteiger partial charge in [0.05, 0.1) is 12.2 Å². The van der Waals surface area contributed by atoms with E-state index in [9.17, 15) is 9.59 Å². The third kappa shape index (κ3) is 4.97. The Bertz CT molecular complexity index is 706. The van der Waals surface area contributed by atoms with Gasteiger partial charge < -0.3 is 10.1 Å². The van der Waals surface area contributed by atoms with Crippen LogP contribution >= 0.6 is 11.6 Å². The van der Waals surface area contributed by atoms with Crippen LogP contribution < -0.4 is 5.32 Å². The van der Waals surface area contributed by atoms with Crippen LogP contribution in [0.5, 0.6) is 0 Å². The number of ether oxygens (including phenoxy) is 1. The van der Waals surface area contributed by atoms with E-state index in [1.54, 1.807) is 61.7 Å². The standard InChI is InChI=1S/C18H16ClNO3/c1-2-23-18(22)14-5-9-16(10-6-14)20-12-11-17(21)13-3-7-15(19)8-4-13/h3-12,20H,2H2,1H3. The minimum Gasteiger partial charge on any atom is -0.462 e. The highest BCUT2D eigenvalue weighted by molar-refractivity contribution is 6.30. The maximum Gasteiger partial charge on any atom is 0.338 e. The molecular formula is C18H16ClNO3. The van der Waals surface area contributed by atoms with Gasteiger partial charge in [-0.15, -0.1) is 0 Å². The summed E-state index contributed by atoms with van der Waals surface area (Å²) in [6.45, 7) is 2.10. The largest absolute Gasteiger partial charge is 0.462 e. The second-order valence-electron chi connectivity index (χ2n) is 4.65. The van der Waals surface area contributed by atoms with E-state index in [-0.39, 0.29) is 11.8 Å². The van der Waals surface area contributed by atoms with E-state index in [2.05, 4.69) is 5.32 Å². The average Bonchev–Trinajstić information content (AvgIpc) is 2.56. The van der Waals surface area contributed by atoms with Gasteiger partial charge in [-0.25, -0.2) is 4.79 Å². The Morgan fingerprint density at radius 3 is 2.26 bits per heavy atom. The molecule has 0 saturated heterocycles. The van der Waals surface area contributed by atoms with Crippen LogP contribution in [0.4, 0.5) is 5.69 Å². The highest BCUT2D eigenvalue weighted by Crippen LogP contribution is 2.12. The molecule has 0 saturated carbocycles. The molecule has 2 aromatic carbocycles. The summed E-state index contributed by atoms with van der Waals surface area (Å²) < 4.78 is 4.91. The molecule has 0 amide bonds. The molecule has 0 aliphatic heterocycles. The van der Waals surface area contributed by atoms with Crippen molar-refractivity contribution in [2.24, 2.45) is 0 Å². The summed E-state index contributed by atoms with van der Waals surface area (Å²) in [6.07, 6.45) is 2.98. The molecule has 0 spiro atoms. The fourth-order valence-corrected chi connectivity index (χ4v) is 1.97. The minimum absolute atomic E-state index is 0.127. The van der Waals surface area contributed by atoms with E-state index in [4.69, 9.17) is 16.3 Å². The molecule has 2 aromatic rings. The van der Waals surface area contributed by atoms with Crippen molar-refractivity contribution in [3.63, 3.8) is 0 Å². The first-order valence-electron chi connectivity index (χ1n) is 7.10. The van der Waals surface area contributed by atoms with E-state index in [1.165, 1.54) is 6.08 Å². The molecule has 118 valence electrons. The summed E-state index contributed by atoms with van der Waals surface area (Å²) >= 11 is 5.78. The topological polar surface area (TPSA) is 55.4 Å². The van der Waals surface area contributed by atoms with E-state index in [0.717, 1.165) is 5.69 Å². The van der Waals surface area contributed by atoms with Crippen LogP contribution in [-0.4, -0.2) is 18.4 Å². The van der Waals surface area contributed by atoms with Crippen molar-refractivity contribution in [1.82, 2.24) is 0 Å². The number of halogens is 1. The predicted octanol–water partition coefficient (Wildman–Crippen LogP) is 4.33. The number of hydrogen-bond donors (Lipinski definition) is 1. The number of esters is 1. The van der Waals surface area contributed by atoms with E-state index in [1.807, 2.05) is 0 Å². The van der Waals surface area contributed by atoms with Crippen LogP contribution in [-0.2, 0) is 4.74 Å². The summed E-state index contributed by atoms with van der Waals surface area (Å²) in [4.78, 5) is 23.5. The number of carbonyl (C=O) groups is 2. The Morgan fingerprint density at radius 2 is 1.65 bits per heavy atom. The first-order valence-corrected chi connectivity index (χ1v) is 7.48. The van der Waals surface area contributed by atoms with Gasteiger partial charge in [0.2, 0.25) is 0 Å². The number of carbonyl (C=O) groups excluding carboxylic acids is 2. The molecule has 0 heterocycles. The first-order chi connectivity index (χ1) is 11.1. The van der Waals surface area contributed by atoms with Gasteiger partial charge in [0.25, 0.3) is 0 Å². The molecular weight excluding hydrogens is 314 g/mol. The van der Waals surface area contributed by atoms with E-state index >= 15 is 0 Å². The number of ketones is 1. The average molecular weight is 330 g/mol. The Labute approximate surface area is 139 Å². The molecule has 0 unspecified atom stereocenters. The van der Waals surface area contributed by atoms with Gasteiger partial charge in [0, 0.05) is 28.5 Å². The Hall–Kier alpha value is -2.59. The van der Waals surface area contributed by atoms with Gasteiger partial charge in [-0.3, -0.25) is 4.79 Å². The van der Waals surface area contributed by atoms with Crippen molar-refractivity contribution in [3.05, 3.63) is 77.0 Å². The summed E-state index contributed by atoms with van der Waals surface area (Å²) in [5.74, 6) is -0.482. The molecule has 0 radical (unpaired) electrons. The summed E-state index contributed by atoms with van der Waals surface area (Å²) in [7, 11) is 0. The van der Waals surface area contributed by atoms with Gasteiger partial charge in [-0.05, 0) is 55.5 Å². The number of hydrogen-bond acceptors (Lipinski definition) is 4. The Morgan fingerprint density at radius 1 is 1.04 bits per heavy atom. The number of rotatable bonds is 6. The highest BCUT2D eigenvalue weighted by atomic mass is 35.5. The molecule has 0 aliphatic carbocycles. The summed E-state index contributed by atoms with van der Waals surface area (Å²) in [5, 5.41) is 3.56. The Kier molecular flexibility index (Phi) is 5.94. The van der Waals surface area contributed by atoms with Crippen LogP contribution in [0.1, 0.15) is 27.6 Å². The van der Waals surface area contributed by atoms with Crippen molar-refractivity contribution in [3.8, 4) is 0 Å². The molecule has 5 heteroatoms. The molecule has 0 bridgehead atoms. The molecule has 0 aromatic heterocycles. The molecule has 2 rings (SSSR count). The van der Waals surface area contributed by atoms with Crippen LogP contribution in [0.3, 0.4) is 0 Å². The fraction of sp³-hybridized carbons (Fsp3) is 0.111. The maximum absolute atomic E-state index is 11.9. The van der Waals surface area contributed by atoms with Gasteiger partial charge >= 0.3 is 5.97 Å². The van der Waals surface area contributed by atoms with Crippen molar-refractivity contribution in [2.45, 2.75) is 6.92 Å². The number of nitrogens with one attached hydrogen (secondary N) is 1. The first kappa shape index (κ1) is 16.8. The van der Waals surface area contributed by atoms with Gasteiger partial charge in [0.15, 0.2) is 5.78 Å². The lowest BCUT2D eigenvalue weighted by atomic mass is 10.1. The molecule has 0 atom stereocenters. The second-order valence-corrected chi connectivity index (χ2v) is 5.08. The number of benzene rings is 2. The van der Waals surface area contributed by atoms with Crippen LogP contribution in [0.2, 0.25) is 5.02 Å². The molecule has 0 fully saturated rings. The van der Waals surface area contributed by atoms with Crippen molar-refractivity contribution in [1.29, 1.82) is 0 Å². The Balaban J connectivity index is 1.93. The summed E-state index contributed by atoms with van der Waals surface area (Å²) in [5.41, 5.74) is 1.81. The SMILES string of the molecule is CCOC(=O)c1ccc(NC=CC(=O)c2ccc(Cl)cc2)cc1. The highest BCUT2D eigenvalue weighted by Gasteiger charge is 2.05. The van der Waals surface area contributed by atoms with Gasteiger partial charge in [-0.2, -0.15) is 0 Å². The second kappa shape index (κ2) is 8.15. The lowest BCUT2D eigenvalue weighted by Gasteiger charge is -2.04. The maximum atomic E-state index is 11.9. The van der Waals surface area contributed by atoms with Crippen molar-refractivity contribution >= 4 is 29.0 Å². The molecule has 4 nitrogen and oxygen atoms in total. The van der Waals surface area contributed by atoms with Crippen LogP contribution in [0.25, 0.3) is 0 Å². The smallest absolute Gasteiger partial charge is 0.338 e. The zero-order valence-electron chi connectivity index (χ0n) is 12.6. The van der Waals surface area contributed by atoms with Crippen LogP contribution in [0, 0.1) is 0 Å². The lowest BCUT2D eigenvalue weighted by Crippen LogP contribution is -2.04. The zero-order valence-corrected chi connectivity index (χ0v) is 13.3. The number of anilines is 1. The third-order valence-electron chi connectivity index (χ3n) is 3.01. The quantitative estimate of drug-likeness (QED) is 0.487. The minimum atomic E-state index is -0.354. The molecule has 1 N–H and O–H groups in total. The number of allylic oxidation sites excluding steroid dienone is 1.